The summed E-state index contributed by atoms with van der Waals surface area (Å²) in [6.45, 7) is 0.346. The quantitative estimate of drug-likeness (QED) is 0.205. The van der Waals surface area contributed by atoms with Crippen molar-refractivity contribution in [2.75, 3.05) is 43.8 Å². The fraction of sp³-hybridized carbons (Fsp3) is 0.440. The lowest BCUT2D eigenvalue weighted by Gasteiger charge is -2.11. The van der Waals surface area contributed by atoms with Crippen LogP contribution in [-0.2, 0) is 24.2 Å². The minimum absolute atomic E-state index is 0.0316. The third-order valence-electron chi connectivity index (χ3n) is 6.03. The first kappa shape index (κ1) is 27.9. The first-order valence-electron chi connectivity index (χ1n) is 12.2. The van der Waals surface area contributed by atoms with Gasteiger partial charge in [0.1, 0.15) is 22.3 Å². The van der Waals surface area contributed by atoms with Gasteiger partial charge in [-0.3, -0.25) is 10.1 Å². The molecule has 0 unspecified atom stereocenters. The van der Waals surface area contributed by atoms with Crippen LogP contribution in [0.15, 0.2) is 46.4 Å². The topological polar surface area (TPSA) is 143 Å². The van der Waals surface area contributed by atoms with Crippen LogP contribution in [0.3, 0.4) is 0 Å². The molecule has 1 aromatic carbocycles. The molecule has 0 aliphatic heterocycles. The van der Waals surface area contributed by atoms with Crippen molar-refractivity contribution in [1.29, 1.82) is 0 Å². The van der Waals surface area contributed by atoms with Gasteiger partial charge in [-0.15, -0.1) is 0 Å². The van der Waals surface area contributed by atoms with Gasteiger partial charge in [-0.1, -0.05) is 28.6 Å². The molecule has 11 nitrogen and oxygen atoms in total. The Bertz CT molecular complexity index is 1410. The van der Waals surface area contributed by atoms with E-state index < -0.39 is 21.8 Å². The second kappa shape index (κ2) is 12.2. The van der Waals surface area contributed by atoms with E-state index in [0.717, 1.165) is 5.82 Å². The minimum Gasteiger partial charge on any atom is -0.393 e. The maximum atomic E-state index is 13.3. The Hall–Kier alpha value is -3.13. The largest absolute Gasteiger partial charge is 0.393 e. The number of amides is 1. The zero-order valence-corrected chi connectivity index (χ0v) is 23.1. The fourth-order valence-electron chi connectivity index (χ4n) is 3.96. The van der Waals surface area contributed by atoms with Gasteiger partial charge < -0.3 is 19.6 Å². The third-order valence-corrected chi connectivity index (χ3v) is 8.73. The second-order valence-electron chi connectivity index (χ2n) is 9.19. The number of nitrogens with one attached hydrogen (secondary N) is 1. The normalized spacial score (nSPS) is 18.1. The van der Waals surface area contributed by atoms with Gasteiger partial charge in [-0.25, -0.2) is 18.4 Å². The van der Waals surface area contributed by atoms with Crippen LogP contribution in [0.25, 0.3) is 10.3 Å². The van der Waals surface area contributed by atoms with Gasteiger partial charge in [-0.05, 0) is 43.5 Å². The number of oxime groups is 1. The van der Waals surface area contributed by atoms with Crippen molar-refractivity contribution < 1.29 is 27.9 Å². The van der Waals surface area contributed by atoms with Crippen LogP contribution in [0.2, 0.25) is 0 Å². The Morgan fingerprint density at radius 1 is 1.18 bits per heavy atom. The molecule has 0 bridgehead atoms. The number of aromatic nitrogens is 2. The zero-order chi connectivity index (χ0) is 27.3. The molecule has 0 saturated heterocycles. The molecule has 1 aliphatic rings. The number of methoxy groups -OCH3 is 1. The van der Waals surface area contributed by atoms with Gasteiger partial charge in [0.2, 0.25) is 0 Å². The summed E-state index contributed by atoms with van der Waals surface area (Å²) in [6.07, 6.45) is 1.25. The predicted molar refractivity (Wildman–Crippen MR) is 147 cm³/mol. The molecule has 1 aliphatic carbocycles. The standard InChI is InChI=1S/C25H31N5O6S2/c1-30(2)21-12-11-20-24(27-21)37-25(26-20)28-23(32)22(29-36-18-8-7-17(31)15-18)16-5-9-19(10-6-16)38(33,34)14-4-13-35-3/h5-6,9-12,17-18,31H,4,7-8,13-15H2,1-3H3,(H,26,28,32)/b29-22+/t17-,18-/m1/s1. The second-order valence-corrected chi connectivity index (χ2v) is 12.3. The summed E-state index contributed by atoms with van der Waals surface area (Å²) in [6, 6.07) is 9.62. The van der Waals surface area contributed by atoms with Crippen LogP contribution >= 0.6 is 11.3 Å². The Labute approximate surface area is 225 Å². The molecule has 2 aromatic heterocycles. The number of fused-ring (bicyclic) bond motifs is 1. The van der Waals surface area contributed by atoms with Crippen LogP contribution in [0.4, 0.5) is 10.9 Å². The smallest absolute Gasteiger partial charge is 0.280 e. The Morgan fingerprint density at radius 2 is 1.95 bits per heavy atom. The average Bonchev–Trinajstić information content (AvgIpc) is 3.49. The van der Waals surface area contributed by atoms with Gasteiger partial charge in [0.05, 0.1) is 16.8 Å². The Kier molecular flexibility index (Phi) is 8.92. The van der Waals surface area contributed by atoms with E-state index in [0.29, 0.717) is 53.3 Å². The Morgan fingerprint density at radius 3 is 2.61 bits per heavy atom. The predicted octanol–water partition coefficient (Wildman–Crippen LogP) is 2.84. The van der Waals surface area contributed by atoms with Crippen molar-refractivity contribution in [1.82, 2.24) is 9.97 Å². The van der Waals surface area contributed by atoms with E-state index in [1.165, 1.54) is 42.7 Å². The average molecular weight is 562 g/mol. The van der Waals surface area contributed by atoms with Crippen LogP contribution in [0, 0.1) is 0 Å². The highest BCUT2D eigenvalue weighted by molar-refractivity contribution is 7.91. The van der Waals surface area contributed by atoms with Gasteiger partial charge in [0, 0.05) is 39.8 Å². The molecular weight excluding hydrogens is 530 g/mol. The van der Waals surface area contributed by atoms with Crippen molar-refractivity contribution in [3.63, 3.8) is 0 Å². The molecule has 3 aromatic rings. The van der Waals surface area contributed by atoms with Gasteiger partial charge in [0.15, 0.2) is 20.7 Å². The van der Waals surface area contributed by atoms with Crippen molar-refractivity contribution in [2.24, 2.45) is 5.16 Å². The molecule has 204 valence electrons. The number of carbonyl (C=O) groups is 1. The molecule has 1 fully saturated rings. The number of nitrogens with zero attached hydrogens (tertiary/aromatic N) is 4. The summed E-state index contributed by atoms with van der Waals surface area (Å²) in [7, 11) is 1.80. The summed E-state index contributed by atoms with van der Waals surface area (Å²) in [5, 5.41) is 17.0. The van der Waals surface area contributed by atoms with Crippen LogP contribution in [-0.4, -0.2) is 80.9 Å². The summed E-state index contributed by atoms with van der Waals surface area (Å²) < 4.78 is 30.2. The highest BCUT2D eigenvalue weighted by atomic mass is 32.2. The lowest BCUT2D eigenvalue weighted by Crippen LogP contribution is -2.25. The number of anilines is 2. The number of hydrogen-bond donors (Lipinski definition) is 2. The summed E-state index contributed by atoms with van der Waals surface area (Å²) in [5.41, 5.74) is 0.996. The van der Waals surface area contributed by atoms with Crippen molar-refractivity contribution in [3.05, 3.63) is 42.0 Å². The molecule has 0 spiro atoms. The molecule has 2 atom stereocenters. The molecule has 2 N–H and O–H groups in total. The number of pyridine rings is 1. The van der Waals surface area contributed by atoms with Crippen LogP contribution in [0.1, 0.15) is 31.2 Å². The van der Waals surface area contributed by atoms with Crippen molar-refractivity contribution in [3.8, 4) is 0 Å². The molecule has 1 amide bonds. The molecule has 2 heterocycles. The van der Waals surface area contributed by atoms with Crippen LogP contribution in [0.5, 0.6) is 0 Å². The van der Waals surface area contributed by atoms with E-state index >= 15 is 0 Å². The first-order chi connectivity index (χ1) is 18.2. The SMILES string of the molecule is COCCCS(=O)(=O)c1ccc(/C(=N\O[C@@H]2CC[C@@H](O)C2)C(=O)Nc2nc3ccc(N(C)C)nc3s2)cc1. The first-order valence-corrected chi connectivity index (χ1v) is 14.6. The summed E-state index contributed by atoms with van der Waals surface area (Å²) in [4.78, 5) is 30.6. The van der Waals surface area contributed by atoms with Crippen molar-refractivity contribution in [2.45, 2.75) is 42.8 Å². The number of benzene rings is 1. The van der Waals surface area contributed by atoms with Gasteiger partial charge in [-0.2, -0.15) is 0 Å². The van der Waals surface area contributed by atoms with E-state index in [9.17, 15) is 18.3 Å². The van der Waals surface area contributed by atoms with E-state index in [1.807, 2.05) is 31.1 Å². The fourth-order valence-corrected chi connectivity index (χ4v) is 6.08. The molecular formula is C25H31N5O6S2. The Balaban J connectivity index is 1.57. The number of aliphatic hydroxyl groups excluding tert-OH is 1. The highest BCUT2D eigenvalue weighted by Crippen LogP contribution is 2.27. The summed E-state index contributed by atoms with van der Waals surface area (Å²) >= 11 is 1.23. The number of ether oxygens (including phenoxy) is 1. The number of hydrogen-bond acceptors (Lipinski definition) is 11. The maximum absolute atomic E-state index is 13.3. The number of rotatable bonds is 11. The molecule has 4 rings (SSSR count). The van der Waals surface area contributed by atoms with E-state index in [4.69, 9.17) is 9.57 Å². The van der Waals surface area contributed by atoms with E-state index in [-0.39, 0.29) is 22.5 Å². The monoisotopic (exact) mass is 561 g/mol. The number of thiazole rings is 1. The molecule has 0 radical (unpaired) electrons. The zero-order valence-electron chi connectivity index (χ0n) is 21.5. The highest BCUT2D eigenvalue weighted by Gasteiger charge is 2.26. The molecule has 13 heteroatoms. The van der Waals surface area contributed by atoms with Crippen molar-refractivity contribution >= 4 is 54.1 Å². The maximum Gasteiger partial charge on any atom is 0.280 e. The number of sulfone groups is 1. The minimum atomic E-state index is -3.50. The van der Waals surface area contributed by atoms with Crippen LogP contribution < -0.4 is 10.2 Å². The molecule has 1 saturated carbocycles. The third kappa shape index (κ3) is 6.84. The van der Waals surface area contributed by atoms with E-state index in [1.54, 1.807) is 0 Å². The molecule has 38 heavy (non-hydrogen) atoms. The van der Waals surface area contributed by atoms with E-state index in [2.05, 4.69) is 20.4 Å². The van der Waals surface area contributed by atoms with Gasteiger partial charge >= 0.3 is 0 Å². The summed E-state index contributed by atoms with van der Waals surface area (Å²) in [5.74, 6) is 0.160. The number of carbonyl (C=O) groups excluding carboxylic acids is 1. The lowest BCUT2D eigenvalue weighted by atomic mass is 10.1. The number of aliphatic hydroxyl groups is 1. The lowest BCUT2D eigenvalue weighted by molar-refractivity contribution is -0.110. The van der Waals surface area contributed by atoms with Gasteiger partial charge in [0.25, 0.3) is 5.91 Å².